The van der Waals surface area contributed by atoms with Crippen LogP contribution in [0, 0.1) is 11.3 Å². The monoisotopic (exact) mass is 302 g/mol. The molecule has 2 saturated heterocycles. The van der Waals surface area contributed by atoms with Crippen molar-refractivity contribution >= 4 is 18.3 Å². The number of halogens is 1. The van der Waals surface area contributed by atoms with E-state index in [4.69, 9.17) is 4.74 Å². The van der Waals surface area contributed by atoms with Gasteiger partial charge < -0.3 is 15.0 Å². The molecule has 1 spiro atoms. The van der Waals surface area contributed by atoms with Crippen molar-refractivity contribution in [1.82, 2.24) is 10.2 Å². The number of hydrogen-bond donors (Lipinski definition) is 1. The SMILES string of the molecule is CCC1COC(C)CN1C(=O)C1CC12CCNCC2.Cl. The fourth-order valence-corrected chi connectivity index (χ4v) is 3.83. The molecule has 3 rings (SSSR count). The van der Waals surface area contributed by atoms with Gasteiger partial charge in [0.2, 0.25) is 5.91 Å². The van der Waals surface area contributed by atoms with E-state index in [-0.39, 0.29) is 18.5 Å². The second kappa shape index (κ2) is 6.20. The van der Waals surface area contributed by atoms with Crippen LogP contribution in [0.3, 0.4) is 0 Å². The van der Waals surface area contributed by atoms with Crippen LogP contribution in [-0.4, -0.2) is 49.2 Å². The summed E-state index contributed by atoms with van der Waals surface area (Å²) in [7, 11) is 0. The van der Waals surface area contributed by atoms with Crippen molar-refractivity contribution in [3.8, 4) is 0 Å². The Morgan fingerprint density at radius 2 is 2.10 bits per heavy atom. The van der Waals surface area contributed by atoms with Crippen LogP contribution >= 0.6 is 12.4 Å². The molecule has 2 aliphatic heterocycles. The average Bonchev–Trinajstić information content (AvgIpc) is 3.12. The maximum absolute atomic E-state index is 12.8. The first-order valence-corrected chi connectivity index (χ1v) is 7.79. The Balaban J connectivity index is 0.00000147. The van der Waals surface area contributed by atoms with Crippen molar-refractivity contribution in [2.75, 3.05) is 26.2 Å². The second-order valence-corrected chi connectivity index (χ2v) is 6.57. The van der Waals surface area contributed by atoms with Crippen molar-refractivity contribution in [2.24, 2.45) is 11.3 Å². The molecule has 20 heavy (non-hydrogen) atoms. The minimum Gasteiger partial charge on any atom is -0.375 e. The number of morpholine rings is 1. The molecule has 3 unspecified atom stereocenters. The number of nitrogens with one attached hydrogen (secondary N) is 1. The number of carbonyl (C=O) groups is 1. The predicted molar refractivity (Wildman–Crippen MR) is 81.1 cm³/mol. The van der Waals surface area contributed by atoms with Crippen molar-refractivity contribution < 1.29 is 9.53 Å². The zero-order valence-electron chi connectivity index (χ0n) is 12.6. The van der Waals surface area contributed by atoms with Gasteiger partial charge in [-0.05, 0) is 51.1 Å². The normalized spacial score (nSPS) is 35.5. The summed E-state index contributed by atoms with van der Waals surface area (Å²) in [5.74, 6) is 0.706. The minimum atomic E-state index is 0. The fraction of sp³-hybridized carbons (Fsp3) is 0.933. The molecular weight excluding hydrogens is 276 g/mol. The van der Waals surface area contributed by atoms with Crippen LogP contribution in [0.15, 0.2) is 0 Å². The Bertz CT molecular complexity index is 358. The van der Waals surface area contributed by atoms with E-state index in [1.165, 1.54) is 12.8 Å². The summed E-state index contributed by atoms with van der Waals surface area (Å²) in [6, 6.07) is 0.295. The van der Waals surface area contributed by atoms with E-state index in [2.05, 4.69) is 24.1 Å². The highest BCUT2D eigenvalue weighted by atomic mass is 35.5. The van der Waals surface area contributed by atoms with Gasteiger partial charge in [-0.1, -0.05) is 6.92 Å². The number of nitrogens with zero attached hydrogens (tertiary/aromatic N) is 1. The molecule has 0 aromatic heterocycles. The van der Waals surface area contributed by atoms with E-state index in [0.29, 0.717) is 29.9 Å². The summed E-state index contributed by atoms with van der Waals surface area (Å²) in [5, 5.41) is 3.40. The Morgan fingerprint density at radius 3 is 2.75 bits per heavy atom. The van der Waals surface area contributed by atoms with Crippen LogP contribution in [-0.2, 0) is 9.53 Å². The van der Waals surface area contributed by atoms with E-state index in [1.54, 1.807) is 0 Å². The molecule has 0 bridgehead atoms. The zero-order chi connectivity index (χ0) is 13.5. The van der Waals surface area contributed by atoms with Gasteiger partial charge in [-0.3, -0.25) is 4.79 Å². The van der Waals surface area contributed by atoms with E-state index >= 15 is 0 Å². The summed E-state index contributed by atoms with van der Waals surface area (Å²) in [6.07, 6.45) is 4.67. The van der Waals surface area contributed by atoms with Crippen molar-refractivity contribution in [3.63, 3.8) is 0 Å². The van der Waals surface area contributed by atoms with Gasteiger partial charge in [-0.25, -0.2) is 0 Å². The van der Waals surface area contributed by atoms with Crippen LogP contribution in [0.2, 0.25) is 0 Å². The number of carbonyl (C=O) groups excluding carboxylic acids is 1. The van der Waals surface area contributed by atoms with Gasteiger partial charge >= 0.3 is 0 Å². The molecule has 2 heterocycles. The van der Waals surface area contributed by atoms with Gasteiger partial charge in [0, 0.05) is 12.5 Å². The standard InChI is InChI=1S/C15H26N2O2.ClH/c1-3-12-10-19-11(2)9-17(12)14(18)13-8-15(13)4-6-16-7-5-15;/h11-13,16H,3-10H2,1-2H3;1H. The molecule has 3 fully saturated rings. The van der Waals surface area contributed by atoms with Crippen LogP contribution in [0.25, 0.3) is 0 Å². The molecular formula is C15H27ClN2O2. The molecule has 1 saturated carbocycles. The van der Waals surface area contributed by atoms with Crippen molar-refractivity contribution in [1.29, 1.82) is 0 Å². The van der Waals surface area contributed by atoms with Gasteiger partial charge in [0.05, 0.1) is 18.8 Å². The van der Waals surface area contributed by atoms with Crippen molar-refractivity contribution in [3.05, 3.63) is 0 Å². The maximum atomic E-state index is 12.8. The van der Waals surface area contributed by atoms with Gasteiger partial charge in [0.1, 0.15) is 0 Å². The summed E-state index contributed by atoms with van der Waals surface area (Å²) >= 11 is 0. The summed E-state index contributed by atoms with van der Waals surface area (Å²) in [5.41, 5.74) is 0.349. The lowest BCUT2D eigenvalue weighted by atomic mass is 9.91. The molecule has 1 aliphatic carbocycles. The first-order valence-electron chi connectivity index (χ1n) is 7.79. The average molecular weight is 303 g/mol. The molecule has 0 aromatic rings. The van der Waals surface area contributed by atoms with Gasteiger partial charge in [0.25, 0.3) is 0 Å². The fourth-order valence-electron chi connectivity index (χ4n) is 3.83. The lowest BCUT2D eigenvalue weighted by Gasteiger charge is -2.39. The first kappa shape index (κ1) is 16.1. The van der Waals surface area contributed by atoms with Gasteiger partial charge in [0.15, 0.2) is 0 Å². The lowest BCUT2D eigenvalue weighted by Crippen LogP contribution is -2.52. The molecule has 4 nitrogen and oxygen atoms in total. The molecule has 0 radical (unpaired) electrons. The molecule has 0 aromatic carbocycles. The largest absolute Gasteiger partial charge is 0.375 e. The Kier molecular flexibility index (Phi) is 4.98. The van der Waals surface area contributed by atoms with E-state index in [9.17, 15) is 4.79 Å². The van der Waals surface area contributed by atoms with E-state index < -0.39 is 0 Å². The van der Waals surface area contributed by atoms with E-state index in [0.717, 1.165) is 32.5 Å². The Hall–Kier alpha value is -0.320. The molecule has 116 valence electrons. The Labute approximate surface area is 128 Å². The van der Waals surface area contributed by atoms with Crippen LogP contribution < -0.4 is 5.32 Å². The molecule has 3 aliphatic rings. The Morgan fingerprint density at radius 1 is 1.40 bits per heavy atom. The first-order chi connectivity index (χ1) is 9.16. The number of rotatable bonds is 2. The van der Waals surface area contributed by atoms with Gasteiger partial charge in [-0.15, -0.1) is 12.4 Å². The number of amides is 1. The summed E-state index contributed by atoms with van der Waals surface area (Å²) in [6.45, 7) is 7.88. The van der Waals surface area contributed by atoms with E-state index in [1.807, 2.05) is 0 Å². The molecule has 3 atom stereocenters. The molecule has 1 N–H and O–H groups in total. The highest BCUT2D eigenvalue weighted by molar-refractivity contribution is 5.85. The quantitative estimate of drug-likeness (QED) is 0.846. The third-order valence-corrected chi connectivity index (χ3v) is 5.31. The smallest absolute Gasteiger partial charge is 0.226 e. The maximum Gasteiger partial charge on any atom is 0.226 e. The van der Waals surface area contributed by atoms with Gasteiger partial charge in [-0.2, -0.15) is 0 Å². The lowest BCUT2D eigenvalue weighted by molar-refractivity contribution is -0.146. The van der Waals surface area contributed by atoms with Crippen LogP contribution in [0.5, 0.6) is 0 Å². The predicted octanol–water partition coefficient (Wildman–Crippen LogP) is 1.82. The number of piperidine rings is 1. The third-order valence-electron chi connectivity index (χ3n) is 5.31. The third kappa shape index (κ3) is 2.83. The molecule has 5 heteroatoms. The number of hydrogen-bond acceptors (Lipinski definition) is 3. The second-order valence-electron chi connectivity index (χ2n) is 6.57. The minimum absolute atomic E-state index is 0. The number of ether oxygens (including phenoxy) is 1. The highest BCUT2D eigenvalue weighted by Crippen LogP contribution is 2.59. The summed E-state index contributed by atoms with van der Waals surface area (Å²) < 4.78 is 5.69. The zero-order valence-corrected chi connectivity index (χ0v) is 13.4. The topological polar surface area (TPSA) is 41.6 Å². The van der Waals surface area contributed by atoms with Crippen LogP contribution in [0.4, 0.5) is 0 Å². The van der Waals surface area contributed by atoms with Crippen LogP contribution in [0.1, 0.15) is 39.5 Å². The highest BCUT2D eigenvalue weighted by Gasteiger charge is 2.59. The van der Waals surface area contributed by atoms with Crippen molar-refractivity contribution in [2.45, 2.75) is 51.7 Å². The summed E-state index contributed by atoms with van der Waals surface area (Å²) in [4.78, 5) is 14.9. The molecule has 1 amide bonds.